The molecule has 1 heterocycles. The van der Waals surface area contributed by atoms with E-state index in [0.717, 1.165) is 5.56 Å². The Morgan fingerprint density at radius 1 is 1.26 bits per heavy atom. The summed E-state index contributed by atoms with van der Waals surface area (Å²) in [5, 5.41) is 12.0. The van der Waals surface area contributed by atoms with E-state index in [1.807, 2.05) is 19.1 Å². The molecular weight excluding hydrogens is 292 g/mol. The zero-order chi connectivity index (χ0) is 17.2. The molecular formula is C18H26N2O3. The Kier molecular flexibility index (Phi) is 4.97. The fourth-order valence-corrected chi connectivity index (χ4v) is 2.78. The first-order chi connectivity index (χ1) is 10.7. The average molecular weight is 318 g/mol. The van der Waals surface area contributed by atoms with E-state index in [2.05, 4.69) is 38.2 Å². The Hall–Kier alpha value is -2.04. The molecule has 2 atom stereocenters. The van der Waals surface area contributed by atoms with E-state index in [0.29, 0.717) is 13.0 Å². The molecule has 1 aromatic rings. The van der Waals surface area contributed by atoms with Gasteiger partial charge in [0.15, 0.2) is 0 Å². The lowest BCUT2D eigenvalue weighted by Crippen LogP contribution is -2.40. The molecule has 1 aliphatic rings. The molecule has 1 aromatic carbocycles. The molecule has 0 aromatic heterocycles. The van der Waals surface area contributed by atoms with E-state index < -0.39 is 11.9 Å². The van der Waals surface area contributed by atoms with Crippen LogP contribution in [0.4, 0.5) is 4.79 Å². The number of hydrogen-bond donors (Lipinski definition) is 2. The van der Waals surface area contributed by atoms with Gasteiger partial charge in [-0.3, -0.25) is 4.79 Å². The molecule has 5 heteroatoms. The van der Waals surface area contributed by atoms with Crippen LogP contribution in [0.25, 0.3) is 0 Å². The summed E-state index contributed by atoms with van der Waals surface area (Å²) in [6.45, 7) is 9.22. The molecule has 1 aliphatic heterocycles. The van der Waals surface area contributed by atoms with Crippen molar-refractivity contribution >= 4 is 12.0 Å². The summed E-state index contributed by atoms with van der Waals surface area (Å²) in [6.07, 6.45) is 0.525. The van der Waals surface area contributed by atoms with Crippen molar-refractivity contribution in [3.8, 4) is 0 Å². The van der Waals surface area contributed by atoms with Crippen LogP contribution in [0, 0.1) is 5.92 Å². The minimum Gasteiger partial charge on any atom is -0.481 e. The number of hydrogen-bond acceptors (Lipinski definition) is 2. The molecule has 0 saturated carbocycles. The molecule has 126 valence electrons. The van der Waals surface area contributed by atoms with Crippen LogP contribution in [-0.4, -0.2) is 35.1 Å². The number of carbonyl (C=O) groups is 2. The maximum absolute atomic E-state index is 12.2. The van der Waals surface area contributed by atoms with E-state index >= 15 is 0 Å². The molecule has 23 heavy (non-hydrogen) atoms. The van der Waals surface area contributed by atoms with Gasteiger partial charge in [0, 0.05) is 13.1 Å². The van der Waals surface area contributed by atoms with E-state index in [1.165, 1.54) is 5.56 Å². The zero-order valence-electron chi connectivity index (χ0n) is 14.3. The van der Waals surface area contributed by atoms with Crippen molar-refractivity contribution in [3.05, 3.63) is 35.4 Å². The smallest absolute Gasteiger partial charge is 0.317 e. The van der Waals surface area contributed by atoms with Crippen LogP contribution < -0.4 is 5.32 Å². The molecule has 2 unspecified atom stereocenters. The first-order valence-corrected chi connectivity index (χ1v) is 8.07. The minimum atomic E-state index is -0.828. The third kappa shape index (κ3) is 4.24. The van der Waals surface area contributed by atoms with Gasteiger partial charge in [-0.25, -0.2) is 4.79 Å². The summed E-state index contributed by atoms with van der Waals surface area (Å²) in [4.78, 5) is 24.8. The number of rotatable bonds is 3. The third-order valence-corrected chi connectivity index (χ3v) is 4.44. The van der Waals surface area contributed by atoms with Gasteiger partial charge in [0.1, 0.15) is 0 Å². The lowest BCUT2D eigenvalue weighted by Gasteiger charge is -2.23. The van der Waals surface area contributed by atoms with Crippen LogP contribution in [0.3, 0.4) is 0 Å². The van der Waals surface area contributed by atoms with Crippen molar-refractivity contribution in [2.24, 2.45) is 5.92 Å². The molecule has 5 nitrogen and oxygen atoms in total. The average Bonchev–Trinajstić information content (AvgIpc) is 2.96. The highest BCUT2D eigenvalue weighted by molar-refractivity contribution is 5.77. The van der Waals surface area contributed by atoms with Crippen molar-refractivity contribution in [2.45, 2.75) is 45.6 Å². The molecule has 0 spiro atoms. The van der Waals surface area contributed by atoms with E-state index in [9.17, 15) is 9.59 Å². The highest BCUT2D eigenvalue weighted by atomic mass is 16.4. The summed E-state index contributed by atoms with van der Waals surface area (Å²) in [5.74, 6) is -1.27. The number of urea groups is 1. The molecule has 1 fully saturated rings. The van der Waals surface area contributed by atoms with Crippen molar-refractivity contribution in [1.29, 1.82) is 0 Å². The summed E-state index contributed by atoms with van der Waals surface area (Å²) >= 11 is 0. The molecule has 0 radical (unpaired) electrons. The van der Waals surface area contributed by atoms with Crippen LogP contribution in [-0.2, 0) is 10.2 Å². The van der Waals surface area contributed by atoms with Gasteiger partial charge in [0.25, 0.3) is 0 Å². The van der Waals surface area contributed by atoms with Crippen LogP contribution in [0.15, 0.2) is 24.3 Å². The molecule has 2 N–H and O–H groups in total. The Bertz CT molecular complexity index is 575. The molecule has 0 aliphatic carbocycles. The molecule has 0 bridgehead atoms. The quantitative estimate of drug-likeness (QED) is 0.899. The van der Waals surface area contributed by atoms with Gasteiger partial charge >= 0.3 is 12.0 Å². The second-order valence-corrected chi connectivity index (χ2v) is 7.31. The fourth-order valence-electron chi connectivity index (χ4n) is 2.78. The Morgan fingerprint density at radius 2 is 1.87 bits per heavy atom. The second kappa shape index (κ2) is 6.60. The van der Waals surface area contributed by atoms with Gasteiger partial charge in [0.05, 0.1) is 12.0 Å². The number of amides is 2. The van der Waals surface area contributed by atoms with Gasteiger partial charge in [-0.2, -0.15) is 0 Å². The summed E-state index contributed by atoms with van der Waals surface area (Å²) < 4.78 is 0. The van der Waals surface area contributed by atoms with Crippen LogP contribution in [0.2, 0.25) is 0 Å². The number of nitrogens with zero attached hydrogens (tertiary/aromatic N) is 1. The van der Waals surface area contributed by atoms with Crippen molar-refractivity contribution in [1.82, 2.24) is 10.2 Å². The van der Waals surface area contributed by atoms with Crippen molar-refractivity contribution < 1.29 is 14.7 Å². The largest absolute Gasteiger partial charge is 0.481 e. The number of benzene rings is 1. The number of carboxylic acids is 1. The molecule has 2 rings (SSSR count). The zero-order valence-corrected chi connectivity index (χ0v) is 14.3. The van der Waals surface area contributed by atoms with E-state index in [1.54, 1.807) is 4.90 Å². The maximum atomic E-state index is 12.2. The van der Waals surface area contributed by atoms with Gasteiger partial charge in [-0.15, -0.1) is 0 Å². The predicted molar refractivity (Wildman–Crippen MR) is 89.4 cm³/mol. The van der Waals surface area contributed by atoms with Gasteiger partial charge < -0.3 is 15.3 Å². The summed E-state index contributed by atoms with van der Waals surface area (Å²) in [7, 11) is 0. The topological polar surface area (TPSA) is 69.6 Å². The first-order valence-electron chi connectivity index (χ1n) is 8.07. The number of carbonyl (C=O) groups excluding carboxylic acids is 1. The Labute approximate surface area is 137 Å². The normalized spacial score (nSPS) is 19.5. The van der Waals surface area contributed by atoms with Gasteiger partial charge in [-0.1, -0.05) is 45.0 Å². The Balaban J connectivity index is 1.95. The minimum absolute atomic E-state index is 0.104. The fraction of sp³-hybridized carbons (Fsp3) is 0.556. The van der Waals surface area contributed by atoms with Gasteiger partial charge in [0.2, 0.25) is 0 Å². The first kappa shape index (κ1) is 17.3. The summed E-state index contributed by atoms with van der Waals surface area (Å²) in [5.41, 5.74) is 2.40. The highest BCUT2D eigenvalue weighted by Crippen LogP contribution is 2.24. The van der Waals surface area contributed by atoms with Crippen molar-refractivity contribution in [2.75, 3.05) is 13.1 Å². The lowest BCUT2D eigenvalue weighted by atomic mass is 9.86. The lowest BCUT2D eigenvalue weighted by molar-refractivity contribution is -0.141. The summed E-state index contributed by atoms with van der Waals surface area (Å²) in [6, 6.07) is 7.95. The second-order valence-electron chi connectivity index (χ2n) is 7.31. The molecule has 2 amide bonds. The van der Waals surface area contributed by atoms with Crippen LogP contribution in [0.1, 0.15) is 51.3 Å². The Morgan fingerprint density at radius 3 is 2.35 bits per heavy atom. The standard InChI is InChI=1S/C18H26N2O3/c1-12(13-5-7-15(8-6-13)18(2,3)4)19-17(23)20-10-9-14(11-20)16(21)22/h5-8,12,14H,9-11H2,1-4H3,(H,19,23)(H,21,22). The molecule has 1 saturated heterocycles. The maximum Gasteiger partial charge on any atom is 0.317 e. The number of aliphatic carboxylic acids is 1. The number of likely N-dealkylation sites (tertiary alicyclic amines) is 1. The number of carboxylic acid groups (broad SMARTS) is 1. The van der Waals surface area contributed by atoms with Crippen molar-refractivity contribution in [3.63, 3.8) is 0 Å². The monoisotopic (exact) mass is 318 g/mol. The van der Waals surface area contributed by atoms with Gasteiger partial charge in [-0.05, 0) is 29.9 Å². The van der Waals surface area contributed by atoms with E-state index in [-0.39, 0.29) is 24.0 Å². The highest BCUT2D eigenvalue weighted by Gasteiger charge is 2.31. The SMILES string of the molecule is CC(NC(=O)N1CCC(C(=O)O)C1)c1ccc(C(C)(C)C)cc1. The van der Waals surface area contributed by atoms with E-state index in [4.69, 9.17) is 5.11 Å². The van der Waals surface area contributed by atoms with Crippen LogP contribution in [0.5, 0.6) is 0 Å². The predicted octanol–water partition coefficient (Wildman–Crippen LogP) is 3.16. The third-order valence-electron chi connectivity index (χ3n) is 4.44. The number of nitrogens with one attached hydrogen (secondary N) is 1. The van der Waals surface area contributed by atoms with Crippen LogP contribution >= 0.6 is 0 Å².